The molecule has 0 aliphatic rings. The van der Waals surface area contributed by atoms with Crippen molar-refractivity contribution in [2.75, 3.05) is 24.5 Å². The number of benzene rings is 3. The average Bonchev–Trinajstić information content (AvgIpc) is 2.86. The summed E-state index contributed by atoms with van der Waals surface area (Å²) in [5.74, 6) is -1.29. The zero-order valence-electron chi connectivity index (χ0n) is 20.4. The van der Waals surface area contributed by atoms with Gasteiger partial charge < -0.3 is 15.4 Å². The number of halogens is 3. The Labute approximate surface area is 220 Å². The monoisotopic (exact) mass is 551 g/mol. The predicted molar refractivity (Wildman–Crippen MR) is 139 cm³/mol. The van der Waals surface area contributed by atoms with E-state index < -0.39 is 39.4 Å². The van der Waals surface area contributed by atoms with Gasteiger partial charge in [-0.25, -0.2) is 22.0 Å². The Bertz CT molecular complexity index is 1340. The van der Waals surface area contributed by atoms with Crippen molar-refractivity contribution < 1.29 is 26.7 Å². The topological polar surface area (TPSA) is 92.9 Å². The highest BCUT2D eigenvalue weighted by Gasteiger charge is 2.34. The van der Waals surface area contributed by atoms with Gasteiger partial charge in [-0.05, 0) is 62.2 Å². The molecule has 0 bridgehead atoms. The van der Waals surface area contributed by atoms with Crippen molar-refractivity contribution in [1.82, 2.24) is 4.90 Å². The number of unbranched alkanes of at least 4 members (excludes halogenated alkanes) is 1. The molecular formula is C26H28ClF2N3O4S. The van der Waals surface area contributed by atoms with E-state index in [1.165, 1.54) is 29.2 Å². The van der Waals surface area contributed by atoms with Crippen molar-refractivity contribution in [3.05, 3.63) is 89.0 Å². The molecule has 1 unspecified atom stereocenters. The Morgan fingerprint density at radius 3 is 2.41 bits per heavy atom. The van der Waals surface area contributed by atoms with Crippen molar-refractivity contribution in [2.45, 2.75) is 30.7 Å². The van der Waals surface area contributed by atoms with Crippen LogP contribution < -0.4 is 14.8 Å². The number of primary amides is 1. The lowest BCUT2D eigenvalue weighted by Crippen LogP contribution is -2.34. The summed E-state index contributed by atoms with van der Waals surface area (Å²) >= 11 is 5.93. The third-order valence-corrected chi connectivity index (χ3v) is 7.91. The summed E-state index contributed by atoms with van der Waals surface area (Å²) in [6.07, 6.45) is 1.24. The number of carbonyl (C=O) groups excluding carboxylic acids is 1. The summed E-state index contributed by atoms with van der Waals surface area (Å²) in [5, 5.41) is 0.330. The summed E-state index contributed by atoms with van der Waals surface area (Å²) < 4.78 is 63.4. The fourth-order valence-electron chi connectivity index (χ4n) is 3.75. The maximum Gasteiger partial charge on any atom is 0.314 e. The first-order chi connectivity index (χ1) is 17.5. The number of nitrogens with zero attached hydrogens (tertiary/aromatic N) is 2. The molecule has 0 saturated carbocycles. The number of nitrogens with two attached hydrogens (primary N) is 1. The third kappa shape index (κ3) is 6.90. The van der Waals surface area contributed by atoms with Crippen LogP contribution in [-0.2, 0) is 10.0 Å². The third-order valence-electron chi connectivity index (χ3n) is 5.76. The molecule has 2 N–H and O–H groups in total. The van der Waals surface area contributed by atoms with E-state index in [1.807, 2.05) is 0 Å². The van der Waals surface area contributed by atoms with Crippen molar-refractivity contribution >= 4 is 33.3 Å². The largest absolute Gasteiger partial charge is 0.493 e. The van der Waals surface area contributed by atoms with Gasteiger partial charge in [-0.2, -0.15) is 0 Å². The number of sulfonamides is 1. The van der Waals surface area contributed by atoms with Gasteiger partial charge in [0.2, 0.25) is 0 Å². The number of ether oxygens (including phenoxy) is 1. The summed E-state index contributed by atoms with van der Waals surface area (Å²) in [6.45, 7) is 2.32. The van der Waals surface area contributed by atoms with E-state index in [0.29, 0.717) is 35.7 Å². The van der Waals surface area contributed by atoms with Gasteiger partial charge in [-0.3, -0.25) is 4.31 Å². The van der Waals surface area contributed by atoms with Gasteiger partial charge in [-0.1, -0.05) is 29.8 Å². The normalized spacial score (nSPS) is 12.1. The van der Waals surface area contributed by atoms with Gasteiger partial charge in [0.05, 0.1) is 23.2 Å². The van der Waals surface area contributed by atoms with Gasteiger partial charge in [0.15, 0.2) is 0 Å². The van der Waals surface area contributed by atoms with Crippen LogP contribution >= 0.6 is 11.6 Å². The van der Waals surface area contributed by atoms with Crippen molar-refractivity contribution in [1.29, 1.82) is 0 Å². The molecule has 11 heteroatoms. The lowest BCUT2D eigenvalue weighted by atomic mass is 10.1. The van der Waals surface area contributed by atoms with Crippen LogP contribution in [0.4, 0.5) is 19.3 Å². The molecule has 37 heavy (non-hydrogen) atoms. The molecule has 0 heterocycles. The van der Waals surface area contributed by atoms with Gasteiger partial charge in [-0.15, -0.1) is 0 Å². The van der Waals surface area contributed by atoms with Gasteiger partial charge in [0.1, 0.15) is 17.4 Å². The zero-order chi connectivity index (χ0) is 27.2. The molecule has 0 aliphatic heterocycles. The minimum absolute atomic E-state index is 0.135. The van der Waals surface area contributed by atoms with Crippen molar-refractivity contribution in [3.8, 4) is 5.75 Å². The second kappa shape index (κ2) is 12.2. The second-order valence-corrected chi connectivity index (χ2v) is 10.6. The summed E-state index contributed by atoms with van der Waals surface area (Å²) in [6, 6.07) is 13.4. The fourth-order valence-corrected chi connectivity index (χ4v) is 5.51. The van der Waals surface area contributed by atoms with E-state index in [9.17, 15) is 22.0 Å². The molecule has 1 atom stereocenters. The molecule has 0 aromatic heterocycles. The minimum atomic E-state index is -4.36. The van der Waals surface area contributed by atoms with E-state index in [2.05, 4.69) is 0 Å². The SMILES string of the molecule is CC(c1ccccc1OCCCCN(C)C(N)=O)N(c1cc(F)ccc1F)S(=O)(=O)c1ccc(Cl)cc1. The number of rotatable bonds is 11. The van der Waals surface area contributed by atoms with Crippen LogP contribution in [0.5, 0.6) is 5.75 Å². The molecule has 0 fully saturated rings. The van der Waals surface area contributed by atoms with Crippen LogP contribution in [0.2, 0.25) is 5.02 Å². The highest BCUT2D eigenvalue weighted by atomic mass is 35.5. The lowest BCUT2D eigenvalue weighted by molar-refractivity contribution is 0.215. The first kappa shape index (κ1) is 28.2. The van der Waals surface area contributed by atoms with Crippen LogP contribution in [0.3, 0.4) is 0 Å². The number of hydrogen-bond donors (Lipinski definition) is 1. The number of anilines is 1. The quantitative estimate of drug-likeness (QED) is 0.307. The summed E-state index contributed by atoms with van der Waals surface area (Å²) in [4.78, 5) is 12.4. The van der Waals surface area contributed by atoms with Crippen molar-refractivity contribution in [2.24, 2.45) is 5.73 Å². The molecule has 3 aromatic rings. The summed E-state index contributed by atoms with van der Waals surface area (Å²) in [5.41, 5.74) is 5.24. The zero-order valence-corrected chi connectivity index (χ0v) is 22.0. The highest BCUT2D eigenvalue weighted by Crippen LogP contribution is 2.38. The number of hydrogen-bond acceptors (Lipinski definition) is 4. The minimum Gasteiger partial charge on any atom is -0.493 e. The Hall–Kier alpha value is -3.37. The van der Waals surface area contributed by atoms with E-state index >= 15 is 0 Å². The molecule has 198 valence electrons. The second-order valence-electron chi connectivity index (χ2n) is 8.38. The molecule has 0 saturated heterocycles. The number of para-hydroxylation sites is 1. The molecule has 0 aliphatic carbocycles. The van der Waals surface area contributed by atoms with Gasteiger partial charge >= 0.3 is 6.03 Å². The first-order valence-electron chi connectivity index (χ1n) is 11.5. The van der Waals surface area contributed by atoms with Crippen LogP contribution in [0.25, 0.3) is 0 Å². The van der Waals surface area contributed by atoms with Crippen LogP contribution in [0, 0.1) is 11.6 Å². The molecule has 3 rings (SSSR count). The Morgan fingerprint density at radius 1 is 1.05 bits per heavy atom. The molecule has 0 radical (unpaired) electrons. The number of amides is 2. The van der Waals surface area contributed by atoms with Crippen molar-refractivity contribution in [3.63, 3.8) is 0 Å². The Kier molecular flexibility index (Phi) is 9.34. The van der Waals surface area contributed by atoms with E-state index in [0.717, 1.165) is 22.5 Å². The van der Waals surface area contributed by atoms with E-state index in [-0.39, 0.29) is 11.5 Å². The fraction of sp³-hybridized carbons (Fsp3) is 0.269. The van der Waals surface area contributed by atoms with Gasteiger partial charge in [0, 0.05) is 30.2 Å². The first-order valence-corrected chi connectivity index (χ1v) is 13.3. The molecular weight excluding hydrogens is 524 g/mol. The molecule has 7 nitrogen and oxygen atoms in total. The number of urea groups is 1. The standard InChI is InChI=1S/C26H28ClF2N3O4S/c1-18(22-7-3-4-8-25(22)36-16-6-5-15-31(2)26(30)33)32(24-17-20(28)11-14-23(24)29)37(34,35)21-12-9-19(27)10-13-21/h3-4,7-14,17-18H,5-6,15-16H2,1-2H3,(H2,30,33). The smallest absolute Gasteiger partial charge is 0.314 e. The molecule has 0 spiro atoms. The Morgan fingerprint density at radius 2 is 1.73 bits per heavy atom. The number of carbonyl (C=O) groups is 1. The van der Waals surface area contributed by atoms with E-state index in [4.69, 9.17) is 22.1 Å². The Balaban J connectivity index is 1.95. The highest BCUT2D eigenvalue weighted by molar-refractivity contribution is 7.92. The molecule has 2 amide bonds. The maximum absolute atomic E-state index is 15.0. The van der Waals surface area contributed by atoms with Gasteiger partial charge in [0.25, 0.3) is 10.0 Å². The molecule has 3 aromatic carbocycles. The summed E-state index contributed by atoms with van der Waals surface area (Å²) in [7, 11) is -2.76. The van der Waals surface area contributed by atoms with E-state index in [1.54, 1.807) is 38.2 Å². The van der Waals surface area contributed by atoms with Crippen LogP contribution in [0.15, 0.2) is 71.6 Å². The average molecular weight is 552 g/mol. The lowest BCUT2D eigenvalue weighted by Gasteiger charge is -2.32. The van der Waals surface area contributed by atoms with Crippen LogP contribution in [0.1, 0.15) is 31.4 Å². The predicted octanol–water partition coefficient (Wildman–Crippen LogP) is 5.74. The van der Waals surface area contributed by atoms with Crippen LogP contribution in [-0.4, -0.2) is 39.5 Å². The maximum atomic E-state index is 15.0.